The number of hydrogen-bond acceptors (Lipinski definition) is 3. The zero-order valence-electron chi connectivity index (χ0n) is 11.5. The van der Waals surface area contributed by atoms with Gasteiger partial charge < -0.3 is 8.97 Å². The van der Waals surface area contributed by atoms with Crippen LogP contribution >= 0.6 is 0 Å². The predicted molar refractivity (Wildman–Crippen MR) is 75.6 cm³/mol. The van der Waals surface area contributed by atoms with E-state index < -0.39 is 11.4 Å². The van der Waals surface area contributed by atoms with E-state index in [4.69, 9.17) is 4.42 Å². The van der Waals surface area contributed by atoms with Crippen LogP contribution in [0, 0.1) is 5.82 Å². The molecule has 1 aromatic heterocycles. The number of fused-ring (bicyclic) bond motifs is 1. The fourth-order valence-electron chi connectivity index (χ4n) is 1.64. The Kier molecular flexibility index (Phi) is 3.90. The van der Waals surface area contributed by atoms with Crippen LogP contribution in [-0.4, -0.2) is 9.30 Å². The Labute approximate surface area is 115 Å². The molecular formula is C14H18FNO2S. The fraction of sp³-hybridized carbons (Fsp3) is 0.429. The molecule has 0 radical (unpaired) electrons. The smallest absolute Gasteiger partial charge is 0.136 e. The first kappa shape index (κ1) is 14.4. The van der Waals surface area contributed by atoms with E-state index in [2.05, 4.69) is 4.72 Å². The number of furan rings is 1. The molecule has 0 aliphatic heterocycles. The van der Waals surface area contributed by atoms with Gasteiger partial charge in [-0.25, -0.2) is 4.39 Å². The molecule has 0 aliphatic carbocycles. The highest BCUT2D eigenvalue weighted by molar-refractivity contribution is 7.90. The van der Waals surface area contributed by atoms with Crippen molar-refractivity contribution in [3.63, 3.8) is 0 Å². The fourth-order valence-corrected chi connectivity index (χ4v) is 2.43. The normalized spacial score (nSPS) is 15.7. The molecule has 1 aromatic carbocycles. The minimum absolute atomic E-state index is 0.199. The number of nitrogens with one attached hydrogen (secondary N) is 1. The van der Waals surface area contributed by atoms with Crippen LogP contribution in [0.3, 0.4) is 0 Å². The van der Waals surface area contributed by atoms with E-state index in [-0.39, 0.29) is 16.6 Å². The summed E-state index contributed by atoms with van der Waals surface area (Å²) in [6, 6.07) is 5.96. The molecule has 0 amide bonds. The Morgan fingerprint density at radius 2 is 2.00 bits per heavy atom. The Hall–Kier alpha value is -1.04. The molecule has 0 saturated heterocycles. The van der Waals surface area contributed by atoms with Crippen molar-refractivity contribution >= 4 is 22.3 Å². The van der Waals surface area contributed by atoms with Crippen LogP contribution in [0.2, 0.25) is 0 Å². The van der Waals surface area contributed by atoms with Gasteiger partial charge in [0.1, 0.15) is 27.9 Å². The number of rotatable bonds is 3. The lowest BCUT2D eigenvalue weighted by Gasteiger charge is -2.25. The zero-order valence-corrected chi connectivity index (χ0v) is 12.3. The average molecular weight is 283 g/mol. The van der Waals surface area contributed by atoms with Gasteiger partial charge in [0.25, 0.3) is 0 Å². The van der Waals surface area contributed by atoms with E-state index in [9.17, 15) is 8.94 Å². The van der Waals surface area contributed by atoms with Gasteiger partial charge in [0.15, 0.2) is 0 Å². The van der Waals surface area contributed by atoms with Gasteiger partial charge in [0.05, 0.1) is 0 Å². The summed E-state index contributed by atoms with van der Waals surface area (Å²) in [6.45, 7) is 7.57. The van der Waals surface area contributed by atoms with Crippen molar-refractivity contribution in [1.29, 1.82) is 0 Å². The summed E-state index contributed by atoms with van der Waals surface area (Å²) < 4.78 is 33.4. The molecule has 19 heavy (non-hydrogen) atoms. The Morgan fingerprint density at radius 3 is 2.63 bits per heavy atom. The molecule has 1 N–H and O–H groups in total. The Bertz CT molecular complexity index is 576. The van der Waals surface area contributed by atoms with Gasteiger partial charge in [-0.05, 0) is 52.0 Å². The summed E-state index contributed by atoms with van der Waals surface area (Å²) in [7, 11) is 0. The lowest BCUT2D eigenvalue weighted by Crippen LogP contribution is -2.40. The SMILES string of the molecule is CC(N[S+]([O-])C(C)(C)C)c1cc2cc(F)ccc2o1. The highest BCUT2D eigenvalue weighted by atomic mass is 32.2. The third kappa shape index (κ3) is 3.29. The molecule has 0 aliphatic rings. The van der Waals surface area contributed by atoms with Crippen LogP contribution in [0.5, 0.6) is 0 Å². The molecule has 0 fully saturated rings. The molecule has 104 valence electrons. The van der Waals surface area contributed by atoms with Crippen molar-refractivity contribution in [2.45, 2.75) is 38.5 Å². The first-order valence-electron chi connectivity index (χ1n) is 6.14. The van der Waals surface area contributed by atoms with Crippen LogP contribution in [0.4, 0.5) is 4.39 Å². The van der Waals surface area contributed by atoms with Gasteiger partial charge in [-0.3, -0.25) is 0 Å². The topological polar surface area (TPSA) is 48.2 Å². The predicted octanol–water partition coefficient (Wildman–Crippen LogP) is 3.68. The molecular weight excluding hydrogens is 265 g/mol. The molecule has 2 aromatic rings. The van der Waals surface area contributed by atoms with E-state index in [1.807, 2.05) is 27.7 Å². The molecule has 2 atom stereocenters. The molecule has 0 spiro atoms. The second kappa shape index (κ2) is 5.15. The molecule has 0 saturated carbocycles. The summed E-state index contributed by atoms with van der Waals surface area (Å²) in [5.74, 6) is 0.358. The first-order valence-corrected chi connectivity index (χ1v) is 7.29. The second-order valence-corrected chi connectivity index (χ2v) is 7.55. The van der Waals surface area contributed by atoms with Crippen molar-refractivity contribution in [2.75, 3.05) is 0 Å². The van der Waals surface area contributed by atoms with Crippen LogP contribution in [-0.2, 0) is 11.4 Å². The standard InChI is InChI=1S/C14H18FNO2S/c1-9(16-19(17)14(2,3)4)13-8-10-7-11(15)5-6-12(10)18-13/h5-9,16H,1-4H3. The lowest BCUT2D eigenvalue weighted by molar-refractivity contribution is 0.475. The number of benzene rings is 1. The average Bonchev–Trinajstić information content (AvgIpc) is 2.70. The summed E-state index contributed by atoms with van der Waals surface area (Å²) in [4.78, 5) is 0. The van der Waals surface area contributed by atoms with E-state index in [0.29, 0.717) is 16.7 Å². The largest absolute Gasteiger partial charge is 0.598 e. The maximum atomic E-state index is 13.1. The monoisotopic (exact) mass is 283 g/mol. The summed E-state index contributed by atoms with van der Waals surface area (Å²) >= 11 is -1.18. The molecule has 2 unspecified atom stereocenters. The highest BCUT2D eigenvalue weighted by Gasteiger charge is 2.29. The van der Waals surface area contributed by atoms with Crippen LogP contribution in [0.1, 0.15) is 39.5 Å². The van der Waals surface area contributed by atoms with E-state index in [1.165, 1.54) is 12.1 Å². The van der Waals surface area contributed by atoms with Crippen LogP contribution < -0.4 is 4.72 Å². The Balaban J connectivity index is 2.20. The van der Waals surface area contributed by atoms with Crippen molar-refractivity contribution in [1.82, 2.24) is 4.72 Å². The maximum Gasteiger partial charge on any atom is 0.136 e. The van der Waals surface area contributed by atoms with E-state index in [1.54, 1.807) is 12.1 Å². The van der Waals surface area contributed by atoms with E-state index >= 15 is 0 Å². The summed E-state index contributed by atoms with van der Waals surface area (Å²) in [5, 5.41) is 0.713. The number of hydrogen-bond donors (Lipinski definition) is 1. The quantitative estimate of drug-likeness (QED) is 0.874. The second-order valence-electron chi connectivity index (χ2n) is 5.55. The summed E-state index contributed by atoms with van der Waals surface area (Å²) in [6.07, 6.45) is 0. The molecule has 0 bridgehead atoms. The third-order valence-electron chi connectivity index (χ3n) is 2.76. The minimum Gasteiger partial charge on any atom is -0.598 e. The molecule has 3 nitrogen and oxygen atoms in total. The van der Waals surface area contributed by atoms with Gasteiger partial charge in [-0.1, -0.05) is 0 Å². The first-order chi connectivity index (χ1) is 8.77. The zero-order chi connectivity index (χ0) is 14.2. The van der Waals surface area contributed by atoms with Gasteiger partial charge in [-0.2, -0.15) is 0 Å². The van der Waals surface area contributed by atoms with Crippen molar-refractivity contribution in [3.8, 4) is 0 Å². The number of halogens is 1. The maximum absolute atomic E-state index is 13.1. The minimum atomic E-state index is -1.18. The lowest BCUT2D eigenvalue weighted by atomic mass is 10.2. The van der Waals surface area contributed by atoms with E-state index in [0.717, 1.165) is 0 Å². The van der Waals surface area contributed by atoms with Gasteiger partial charge >= 0.3 is 0 Å². The molecule has 2 rings (SSSR count). The van der Waals surface area contributed by atoms with Gasteiger partial charge in [0, 0.05) is 16.7 Å². The van der Waals surface area contributed by atoms with Crippen molar-refractivity contribution in [2.24, 2.45) is 0 Å². The molecule has 1 heterocycles. The summed E-state index contributed by atoms with van der Waals surface area (Å²) in [5.41, 5.74) is 0.631. The van der Waals surface area contributed by atoms with Crippen LogP contribution in [0.25, 0.3) is 11.0 Å². The van der Waals surface area contributed by atoms with Crippen molar-refractivity contribution in [3.05, 3.63) is 35.8 Å². The molecule has 5 heteroatoms. The van der Waals surface area contributed by atoms with Crippen molar-refractivity contribution < 1.29 is 13.4 Å². The van der Waals surface area contributed by atoms with Gasteiger partial charge in [-0.15, -0.1) is 4.72 Å². The van der Waals surface area contributed by atoms with Crippen LogP contribution in [0.15, 0.2) is 28.7 Å². The Morgan fingerprint density at radius 1 is 1.32 bits per heavy atom. The third-order valence-corrected chi connectivity index (χ3v) is 4.44. The highest BCUT2D eigenvalue weighted by Crippen LogP contribution is 2.26. The van der Waals surface area contributed by atoms with Gasteiger partial charge in [0.2, 0.25) is 0 Å².